The Kier molecular flexibility index (Phi) is 3.10. The molecule has 0 aliphatic heterocycles. The van der Waals surface area contributed by atoms with Crippen LogP contribution in [0.2, 0.25) is 0 Å². The van der Waals surface area contributed by atoms with Crippen LogP contribution in [-0.4, -0.2) is 19.9 Å². The van der Waals surface area contributed by atoms with Gasteiger partial charge in [-0.05, 0) is 30.3 Å². The van der Waals surface area contributed by atoms with Crippen molar-refractivity contribution in [3.63, 3.8) is 0 Å². The van der Waals surface area contributed by atoms with Gasteiger partial charge in [-0.1, -0.05) is 0 Å². The molecule has 0 amide bonds. The summed E-state index contributed by atoms with van der Waals surface area (Å²) in [5.41, 5.74) is 1.97. The Morgan fingerprint density at radius 1 is 0.632 bits per heavy atom. The average Bonchev–Trinajstić information content (AvgIpc) is 2.51. The molecule has 3 aromatic rings. The summed E-state index contributed by atoms with van der Waals surface area (Å²) in [6, 6.07) is 9.59. The second-order valence-corrected chi connectivity index (χ2v) is 3.81. The highest BCUT2D eigenvalue weighted by Crippen LogP contribution is 2.31. The Balaban J connectivity index is 2.12. The highest BCUT2D eigenvalue weighted by atomic mass is 15.2. The molecular weight excluding hydrogens is 238 g/mol. The van der Waals surface area contributed by atoms with Crippen molar-refractivity contribution < 1.29 is 0 Å². The summed E-state index contributed by atoms with van der Waals surface area (Å²) >= 11 is 0. The molecule has 0 aliphatic carbocycles. The SMILES string of the molecule is c1cc(N(c2ccncc2)c2ccncn2)ccn1. The fraction of sp³-hybridized carbons (Fsp3) is 0. The van der Waals surface area contributed by atoms with Gasteiger partial charge in [0.2, 0.25) is 0 Å². The van der Waals surface area contributed by atoms with Gasteiger partial charge in [-0.2, -0.15) is 0 Å². The van der Waals surface area contributed by atoms with Crippen molar-refractivity contribution >= 4 is 17.2 Å². The van der Waals surface area contributed by atoms with E-state index in [2.05, 4.69) is 19.9 Å². The first-order chi connectivity index (χ1) is 9.45. The molecule has 0 unspecified atom stereocenters. The summed E-state index contributed by atoms with van der Waals surface area (Å²) in [5, 5.41) is 0. The highest BCUT2D eigenvalue weighted by molar-refractivity contribution is 5.73. The Morgan fingerprint density at radius 2 is 1.16 bits per heavy atom. The fourth-order valence-corrected chi connectivity index (χ4v) is 1.82. The molecule has 0 aliphatic rings. The number of nitrogens with zero attached hydrogens (tertiary/aromatic N) is 5. The van der Waals surface area contributed by atoms with Crippen LogP contribution < -0.4 is 4.90 Å². The van der Waals surface area contributed by atoms with Crippen molar-refractivity contribution in [3.8, 4) is 0 Å². The van der Waals surface area contributed by atoms with E-state index in [-0.39, 0.29) is 0 Å². The Labute approximate surface area is 110 Å². The minimum atomic E-state index is 0.799. The summed E-state index contributed by atoms with van der Waals surface area (Å²) in [5.74, 6) is 0.799. The molecule has 3 heterocycles. The molecule has 5 nitrogen and oxygen atoms in total. The van der Waals surface area contributed by atoms with Crippen LogP contribution >= 0.6 is 0 Å². The third-order valence-electron chi connectivity index (χ3n) is 2.64. The van der Waals surface area contributed by atoms with E-state index in [4.69, 9.17) is 0 Å². The molecule has 92 valence electrons. The molecule has 0 aromatic carbocycles. The van der Waals surface area contributed by atoms with Crippen LogP contribution in [0.25, 0.3) is 0 Å². The molecule has 0 fully saturated rings. The van der Waals surface area contributed by atoms with Gasteiger partial charge in [0.25, 0.3) is 0 Å². The van der Waals surface area contributed by atoms with Gasteiger partial charge in [0.15, 0.2) is 0 Å². The van der Waals surface area contributed by atoms with Gasteiger partial charge in [0.1, 0.15) is 12.1 Å². The van der Waals surface area contributed by atoms with Crippen molar-refractivity contribution in [1.82, 2.24) is 19.9 Å². The predicted molar refractivity (Wildman–Crippen MR) is 72.3 cm³/mol. The van der Waals surface area contributed by atoms with E-state index in [1.807, 2.05) is 35.2 Å². The summed E-state index contributed by atoms with van der Waals surface area (Å²) in [6.07, 6.45) is 10.3. The van der Waals surface area contributed by atoms with Gasteiger partial charge in [0.05, 0.1) is 11.4 Å². The van der Waals surface area contributed by atoms with Crippen LogP contribution in [0.1, 0.15) is 0 Å². The number of rotatable bonds is 3. The second kappa shape index (κ2) is 5.22. The van der Waals surface area contributed by atoms with Crippen molar-refractivity contribution in [1.29, 1.82) is 0 Å². The molecule has 5 heteroatoms. The van der Waals surface area contributed by atoms with Crippen molar-refractivity contribution in [2.45, 2.75) is 0 Å². The minimum Gasteiger partial charge on any atom is -0.295 e. The standard InChI is InChI=1S/C14H11N5/c1-6-15-7-2-12(1)19(13-3-8-16-9-4-13)14-5-10-17-11-18-14/h1-11H. The van der Waals surface area contributed by atoms with Crippen molar-refractivity contribution in [2.75, 3.05) is 4.90 Å². The smallest absolute Gasteiger partial charge is 0.140 e. The van der Waals surface area contributed by atoms with E-state index >= 15 is 0 Å². The van der Waals surface area contributed by atoms with Gasteiger partial charge >= 0.3 is 0 Å². The summed E-state index contributed by atoms with van der Waals surface area (Å²) in [6.45, 7) is 0. The van der Waals surface area contributed by atoms with Gasteiger partial charge in [0, 0.05) is 31.0 Å². The monoisotopic (exact) mass is 249 g/mol. The van der Waals surface area contributed by atoms with Crippen LogP contribution in [0.15, 0.2) is 67.6 Å². The van der Waals surface area contributed by atoms with E-state index in [1.54, 1.807) is 31.0 Å². The largest absolute Gasteiger partial charge is 0.295 e. The summed E-state index contributed by atoms with van der Waals surface area (Å²) in [7, 11) is 0. The Bertz CT molecular complexity index is 534. The number of hydrogen-bond donors (Lipinski definition) is 0. The summed E-state index contributed by atoms with van der Waals surface area (Å²) < 4.78 is 0. The lowest BCUT2D eigenvalue weighted by Crippen LogP contribution is -2.11. The zero-order valence-electron chi connectivity index (χ0n) is 10.1. The van der Waals surface area contributed by atoms with E-state index in [0.29, 0.717) is 0 Å². The highest BCUT2D eigenvalue weighted by Gasteiger charge is 2.12. The van der Waals surface area contributed by atoms with E-state index in [1.165, 1.54) is 6.33 Å². The lowest BCUT2D eigenvalue weighted by molar-refractivity contribution is 1.10. The van der Waals surface area contributed by atoms with Crippen LogP contribution in [0.3, 0.4) is 0 Å². The molecule has 19 heavy (non-hydrogen) atoms. The number of aromatic nitrogens is 4. The Morgan fingerprint density at radius 3 is 1.63 bits per heavy atom. The molecule has 0 saturated heterocycles. The minimum absolute atomic E-state index is 0.799. The molecule has 3 aromatic heterocycles. The van der Waals surface area contributed by atoms with Crippen LogP contribution in [0, 0.1) is 0 Å². The van der Waals surface area contributed by atoms with Crippen LogP contribution in [-0.2, 0) is 0 Å². The third kappa shape index (κ3) is 2.40. The van der Waals surface area contributed by atoms with Crippen LogP contribution in [0.4, 0.5) is 17.2 Å². The van der Waals surface area contributed by atoms with Gasteiger partial charge in [-0.3, -0.25) is 14.9 Å². The zero-order chi connectivity index (χ0) is 12.9. The molecule has 3 rings (SSSR count). The maximum absolute atomic E-state index is 4.31. The quantitative estimate of drug-likeness (QED) is 0.714. The van der Waals surface area contributed by atoms with E-state index in [9.17, 15) is 0 Å². The number of pyridine rings is 2. The van der Waals surface area contributed by atoms with E-state index < -0.39 is 0 Å². The maximum atomic E-state index is 4.31. The van der Waals surface area contributed by atoms with Gasteiger partial charge in [-0.25, -0.2) is 9.97 Å². The molecule has 0 saturated carbocycles. The molecule has 0 N–H and O–H groups in total. The lowest BCUT2D eigenvalue weighted by Gasteiger charge is -2.23. The third-order valence-corrected chi connectivity index (χ3v) is 2.64. The normalized spacial score (nSPS) is 10.1. The molecule has 0 radical (unpaired) electrons. The fourth-order valence-electron chi connectivity index (χ4n) is 1.82. The second-order valence-electron chi connectivity index (χ2n) is 3.81. The molecule has 0 spiro atoms. The average molecular weight is 249 g/mol. The van der Waals surface area contributed by atoms with Crippen LogP contribution in [0.5, 0.6) is 0 Å². The van der Waals surface area contributed by atoms with Gasteiger partial charge < -0.3 is 0 Å². The van der Waals surface area contributed by atoms with E-state index in [0.717, 1.165) is 17.2 Å². The first kappa shape index (κ1) is 11.3. The predicted octanol–water partition coefficient (Wildman–Crippen LogP) is 2.74. The zero-order valence-corrected chi connectivity index (χ0v) is 10.1. The first-order valence-corrected chi connectivity index (χ1v) is 5.81. The van der Waals surface area contributed by atoms with Gasteiger partial charge in [-0.15, -0.1) is 0 Å². The van der Waals surface area contributed by atoms with Crippen molar-refractivity contribution in [3.05, 3.63) is 67.6 Å². The molecule has 0 bridgehead atoms. The Hall–Kier alpha value is -2.82. The summed E-state index contributed by atoms with van der Waals surface area (Å²) in [4.78, 5) is 18.4. The maximum Gasteiger partial charge on any atom is 0.140 e. The molecular formula is C14H11N5. The number of anilines is 3. The first-order valence-electron chi connectivity index (χ1n) is 5.81. The number of hydrogen-bond acceptors (Lipinski definition) is 5. The van der Waals surface area contributed by atoms with Crippen molar-refractivity contribution in [2.24, 2.45) is 0 Å². The molecule has 0 atom stereocenters. The lowest BCUT2D eigenvalue weighted by atomic mass is 10.3. The topological polar surface area (TPSA) is 54.8 Å².